The molecule has 1 aliphatic heterocycles. The number of hydrogen-bond acceptors (Lipinski definition) is 6. The summed E-state index contributed by atoms with van der Waals surface area (Å²) >= 11 is 1.23. The van der Waals surface area contributed by atoms with Gasteiger partial charge in [0.05, 0.1) is 12.1 Å². The zero-order valence-corrected chi connectivity index (χ0v) is 15.7. The second-order valence-corrected chi connectivity index (χ2v) is 9.18. The van der Waals surface area contributed by atoms with Crippen LogP contribution < -0.4 is 15.4 Å². The van der Waals surface area contributed by atoms with Gasteiger partial charge >= 0.3 is 0 Å². The van der Waals surface area contributed by atoms with Crippen molar-refractivity contribution < 1.29 is 17.9 Å². The van der Waals surface area contributed by atoms with Crippen LogP contribution in [-0.2, 0) is 26.0 Å². The lowest BCUT2D eigenvalue weighted by Gasteiger charge is -2.28. The molecule has 1 fully saturated rings. The second-order valence-electron chi connectivity index (χ2n) is 6.02. The molecule has 2 heterocycles. The number of rotatable bonds is 9. The highest BCUT2D eigenvalue weighted by atomic mass is 32.2. The van der Waals surface area contributed by atoms with E-state index in [0.717, 1.165) is 24.3 Å². The molecule has 0 radical (unpaired) electrons. The summed E-state index contributed by atoms with van der Waals surface area (Å²) in [5, 5.41) is 6.05. The number of ether oxygens (including phenoxy) is 1. The molecular weight excluding hydrogens is 350 g/mol. The van der Waals surface area contributed by atoms with Crippen LogP contribution in [0, 0.1) is 0 Å². The van der Waals surface area contributed by atoms with Crippen LogP contribution in [0.4, 0.5) is 0 Å². The number of sulfonamides is 1. The van der Waals surface area contributed by atoms with Crippen LogP contribution in [0.2, 0.25) is 0 Å². The fourth-order valence-corrected chi connectivity index (χ4v) is 5.30. The Morgan fingerprint density at radius 1 is 1.46 bits per heavy atom. The van der Waals surface area contributed by atoms with Crippen LogP contribution in [0.15, 0.2) is 16.3 Å². The molecule has 0 aromatic carbocycles. The summed E-state index contributed by atoms with van der Waals surface area (Å²) in [7, 11) is -1.92. The van der Waals surface area contributed by atoms with Gasteiger partial charge in [0.25, 0.3) is 0 Å². The van der Waals surface area contributed by atoms with Crippen molar-refractivity contribution in [2.45, 2.75) is 35.9 Å². The minimum absolute atomic E-state index is 0.0893. The second kappa shape index (κ2) is 8.39. The van der Waals surface area contributed by atoms with Gasteiger partial charge in [-0.05, 0) is 37.9 Å². The molecule has 1 amide bonds. The number of carbonyl (C=O) groups is 1. The van der Waals surface area contributed by atoms with Gasteiger partial charge in [-0.15, -0.1) is 11.3 Å². The largest absolute Gasteiger partial charge is 0.383 e. The van der Waals surface area contributed by atoms with Gasteiger partial charge in [-0.3, -0.25) is 4.79 Å². The van der Waals surface area contributed by atoms with E-state index < -0.39 is 10.0 Å². The molecule has 1 unspecified atom stereocenters. The quantitative estimate of drug-likeness (QED) is 0.583. The third kappa shape index (κ3) is 5.25. The van der Waals surface area contributed by atoms with Gasteiger partial charge in [0, 0.05) is 32.0 Å². The first-order valence-electron chi connectivity index (χ1n) is 7.94. The molecule has 3 N–H and O–H groups in total. The summed E-state index contributed by atoms with van der Waals surface area (Å²) in [5.41, 5.74) is -0.326. The first kappa shape index (κ1) is 19.3. The first-order valence-corrected chi connectivity index (χ1v) is 10.2. The van der Waals surface area contributed by atoms with E-state index in [1.165, 1.54) is 18.3 Å². The van der Waals surface area contributed by atoms with E-state index in [1.54, 1.807) is 19.2 Å². The highest BCUT2D eigenvalue weighted by molar-refractivity contribution is 7.91. The van der Waals surface area contributed by atoms with Crippen molar-refractivity contribution in [3.63, 3.8) is 0 Å². The summed E-state index contributed by atoms with van der Waals surface area (Å²) in [6.07, 6.45) is 2.52. The van der Waals surface area contributed by atoms with Gasteiger partial charge < -0.3 is 15.4 Å². The van der Waals surface area contributed by atoms with Crippen molar-refractivity contribution in [1.29, 1.82) is 0 Å². The van der Waals surface area contributed by atoms with Crippen molar-refractivity contribution in [1.82, 2.24) is 15.4 Å². The fourth-order valence-electron chi connectivity index (χ4n) is 2.77. The van der Waals surface area contributed by atoms with Gasteiger partial charge in [-0.1, -0.05) is 0 Å². The predicted octanol–water partition coefficient (Wildman–Crippen LogP) is 0.474. The highest BCUT2D eigenvalue weighted by Crippen LogP contribution is 2.24. The number of carbonyl (C=O) groups excluding carboxylic acids is 1. The van der Waals surface area contributed by atoms with E-state index in [4.69, 9.17) is 4.74 Å². The smallest absolute Gasteiger partial charge is 0.250 e. The topological polar surface area (TPSA) is 96.5 Å². The highest BCUT2D eigenvalue weighted by Gasteiger charge is 2.35. The Balaban J connectivity index is 1.95. The molecule has 0 bridgehead atoms. The molecule has 0 aliphatic carbocycles. The van der Waals surface area contributed by atoms with Gasteiger partial charge in [0.15, 0.2) is 0 Å². The van der Waals surface area contributed by atoms with E-state index in [0.29, 0.717) is 30.3 Å². The van der Waals surface area contributed by atoms with E-state index in [9.17, 15) is 13.2 Å². The SMILES string of the molecule is COCC1(CNS(=O)(=O)c2ccc(CCNC(C)=O)s2)CCCN1. The minimum atomic E-state index is -3.54. The minimum Gasteiger partial charge on any atom is -0.383 e. The Morgan fingerprint density at radius 2 is 2.25 bits per heavy atom. The molecule has 9 heteroatoms. The first-order chi connectivity index (χ1) is 11.4. The van der Waals surface area contributed by atoms with Crippen molar-refractivity contribution in [3.8, 4) is 0 Å². The average Bonchev–Trinajstić information content (AvgIpc) is 3.16. The van der Waals surface area contributed by atoms with Gasteiger partial charge in [-0.25, -0.2) is 13.1 Å². The van der Waals surface area contributed by atoms with Crippen LogP contribution >= 0.6 is 11.3 Å². The van der Waals surface area contributed by atoms with E-state index in [-0.39, 0.29) is 11.4 Å². The van der Waals surface area contributed by atoms with Gasteiger partial charge in [0.1, 0.15) is 4.21 Å². The number of methoxy groups -OCH3 is 1. The molecule has 1 saturated heterocycles. The standard InChI is InChI=1S/C15H25N3O4S2/c1-12(19)16-9-6-13-4-5-14(23-13)24(20,21)18-10-15(11-22-2)7-3-8-17-15/h4-5,17-18H,3,6-11H2,1-2H3,(H,16,19). The summed E-state index contributed by atoms with van der Waals surface area (Å²) in [4.78, 5) is 11.8. The molecule has 1 aliphatic rings. The molecule has 0 spiro atoms. The Hall–Kier alpha value is -1.00. The van der Waals surface area contributed by atoms with Crippen molar-refractivity contribution >= 4 is 27.3 Å². The summed E-state index contributed by atoms with van der Waals surface area (Å²) < 4.78 is 33.2. The van der Waals surface area contributed by atoms with Crippen molar-refractivity contribution in [2.75, 3.05) is 33.4 Å². The summed E-state index contributed by atoms with van der Waals surface area (Å²) in [5.74, 6) is -0.0893. The zero-order chi connectivity index (χ0) is 17.6. The molecule has 1 aromatic heterocycles. The number of thiophene rings is 1. The molecule has 1 aromatic rings. The monoisotopic (exact) mass is 375 g/mol. The lowest BCUT2D eigenvalue weighted by Crippen LogP contribution is -2.52. The number of nitrogens with one attached hydrogen (secondary N) is 3. The number of amides is 1. The maximum atomic E-state index is 12.5. The molecule has 0 saturated carbocycles. The van der Waals surface area contributed by atoms with Crippen LogP contribution in [0.5, 0.6) is 0 Å². The molecule has 1 atom stereocenters. The van der Waals surface area contributed by atoms with Crippen LogP contribution in [-0.4, -0.2) is 53.2 Å². The summed E-state index contributed by atoms with van der Waals surface area (Å²) in [6, 6.07) is 3.40. The maximum absolute atomic E-state index is 12.5. The summed E-state index contributed by atoms with van der Waals surface area (Å²) in [6.45, 7) is 3.62. The lowest BCUT2D eigenvalue weighted by atomic mass is 9.99. The van der Waals surface area contributed by atoms with Crippen molar-refractivity contribution in [3.05, 3.63) is 17.0 Å². The third-order valence-corrected chi connectivity index (χ3v) is 7.04. The van der Waals surface area contributed by atoms with Gasteiger partial charge in [0.2, 0.25) is 15.9 Å². The molecule has 7 nitrogen and oxygen atoms in total. The van der Waals surface area contributed by atoms with E-state index in [1.807, 2.05) is 0 Å². The molecule has 24 heavy (non-hydrogen) atoms. The van der Waals surface area contributed by atoms with E-state index in [2.05, 4.69) is 15.4 Å². The lowest BCUT2D eigenvalue weighted by molar-refractivity contribution is -0.118. The third-order valence-electron chi connectivity index (χ3n) is 4.00. The van der Waals surface area contributed by atoms with Crippen LogP contribution in [0.3, 0.4) is 0 Å². The normalized spacial score (nSPS) is 21.1. The van der Waals surface area contributed by atoms with Crippen molar-refractivity contribution in [2.24, 2.45) is 0 Å². The Kier molecular flexibility index (Phi) is 6.76. The van der Waals surface area contributed by atoms with E-state index >= 15 is 0 Å². The van der Waals surface area contributed by atoms with Gasteiger partial charge in [-0.2, -0.15) is 0 Å². The number of hydrogen-bond donors (Lipinski definition) is 3. The molecular formula is C15H25N3O4S2. The van der Waals surface area contributed by atoms with Crippen LogP contribution in [0.1, 0.15) is 24.6 Å². The Labute approximate surface area is 147 Å². The predicted molar refractivity (Wildman–Crippen MR) is 93.7 cm³/mol. The Bertz CT molecular complexity index is 651. The Morgan fingerprint density at radius 3 is 2.88 bits per heavy atom. The average molecular weight is 376 g/mol. The zero-order valence-electron chi connectivity index (χ0n) is 14.1. The van der Waals surface area contributed by atoms with Crippen LogP contribution in [0.25, 0.3) is 0 Å². The fraction of sp³-hybridized carbons (Fsp3) is 0.667. The molecule has 2 rings (SSSR count). The maximum Gasteiger partial charge on any atom is 0.250 e. The molecule has 136 valence electrons.